The summed E-state index contributed by atoms with van der Waals surface area (Å²) in [7, 11) is 0. The molecular weight excluding hydrogens is 467 g/mol. The van der Waals surface area contributed by atoms with Crippen LogP contribution in [0.4, 0.5) is 0 Å². The minimum atomic E-state index is -0.806. The Hall–Kier alpha value is -1.14. The van der Waals surface area contributed by atoms with Crippen LogP contribution in [0.2, 0.25) is 0 Å². The number of carboxylic acid groups (broad SMARTS) is 2. The summed E-state index contributed by atoms with van der Waals surface area (Å²) in [4.78, 5) is 26.8. The number of hydrogen-bond acceptors (Lipinski definition) is 8. The first-order valence-electron chi connectivity index (χ1n) is 10.2. The number of fused-ring (bicyclic) bond motifs is 1. The molecule has 3 heterocycles. The number of aliphatic carboxylic acids is 2. The molecule has 0 spiro atoms. The summed E-state index contributed by atoms with van der Waals surface area (Å²) in [5.41, 5.74) is 0. The molecule has 0 amide bonds. The van der Waals surface area contributed by atoms with Crippen LogP contribution in [-0.2, 0) is 9.59 Å². The molecule has 0 aromatic carbocycles. The lowest BCUT2D eigenvalue weighted by Gasteiger charge is -2.42. The molecule has 1 saturated carbocycles. The molecule has 0 bridgehead atoms. The molecule has 10 nitrogen and oxygen atoms in total. The molecule has 3 aliphatic rings. The lowest BCUT2D eigenvalue weighted by Crippen LogP contribution is -2.50. The van der Waals surface area contributed by atoms with E-state index >= 15 is 0 Å². The van der Waals surface area contributed by atoms with Gasteiger partial charge in [0.1, 0.15) is 12.1 Å². The van der Waals surface area contributed by atoms with Gasteiger partial charge in [0.15, 0.2) is 0 Å². The third-order valence-corrected chi connectivity index (χ3v) is 7.32. The number of aromatic nitrogens is 4. The summed E-state index contributed by atoms with van der Waals surface area (Å²) in [6.45, 7) is 2.10. The first-order valence-corrected chi connectivity index (χ1v) is 11.4. The third-order valence-electron chi connectivity index (χ3n) is 6.79. The first-order chi connectivity index (χ1) is 13.9. The fourth-order valence-electron chi connectivity index (χ4n) is 5.30. The summed E-state index contributed by atoms with van der Waals surface area (Å²) < 4.78 is 0. The van der Waals surface area contributed by atoms with E-state index in [2.05, 4.69) is 25.6 Å². The highest BCUT2D eigenvalue weighted by Gasteiger charge is 2.42. The van der Waals surface area contributed by atoms with E-state index in [0.29, 0.717) is 42.3 Å². The number of halogens is 2. The van der Waals surface area contributed by atoms with Crippen molar-refractivity contribution in [3.05, 3.63) is 0 Å². The number of nitrogens with one attached hydrogen (secondary N) is 1. The summed E-state index contributed by atoms with van der Waals surface area (Å²) in [6, 6.07) is -1.08. The molecule has 1 aromatic rings. The normalized spacial score (nSPS) is 33.1. The fourth-order valence-corrected chi connectivity index (χ4v) is 5.58. The van der Waals surface area contributed by atoms with Crippen LogP contribution in [0.5, 0.6) is 0 Å². The highest BCUT2D eigenvalue weighted by Crippen LogP contribution is 2.40. The Balaban J connectivity index is 0.00000171. The second kappa shape index (κ2) is 11.1. The summed E-state index contributed by atoms with van der Waals surface area (Å²) >= 11 is 1.42. The lowest BCUT2D eigenvalue weighted by atomic mass is 9.69. The zero-order valence-corrected chi connectivity index (χ0v) is 19.7. The van der Waals surface area contributed by atoms with E-state index in [9.17, 15) is 19.8 Å². The SMILES string of the molecule is CSc1nnn([C@H]2C[C@@H](C(=O)O)N(C[C@H]3CC[C@H]4CN[C@H](C(=O)O)C[C@H]4C3)C2)n1.Cl.Cl. The van der Waals surface area contributed by atoms with Gasteiger partial charge in [-0.15, -0.1) is 35.0 Å². The monoisotopic (exact) mass is 496 g/mol. The predicted molar refractivity (Wildman–Crippen MR) is 119 cm³/mol. The largest absolute Gasteiger partial charge is 0.480 e. The van der Waals surface area contributed by atoms with Crippen molar-refractivity contribution in [1.29, 1.82) is 0 Å². The molecule has 6 atom stereocenters. The van der Waals surface area contributed by atoms with E-state index in [0.717, 1.165) is 32.4 Å². The molecule has 3 N–H and O–H groups in total. The molecule has 3 fully saturated rings. The van der Waals surface area contributed by atoms with Crippen LogP contribution < -0.4 is 5.32 Å². The standard InChI is InChI=1S/C18H28N6O4S.2ClH/c1-29-18-20-22-24(21-18)13-6-15(17(27)28)23(9-13)8-10-2-3-11-7-19-14(16(25)26)5-12(11)4-10;;/h10-15,19H,2-9H2,1H3,(H,25,26)(H,27,28);2*1H/t10-,11-,12+,13-,14-,15-;;/m0../s1. The van der Waals surface area contributed by atoms with Crippen LogP contribution in [0.1, 0.15) is 38.1 Å². The van der Waals surface area contributed by atoms with Gasteiger partial charge in [-0.25, -0.2) is 0 Å². The highest BCUT2D eigenvalue weighted by molar-refractivity contribution is 7.98. The Morgan fingerprint density at radius 1 is 1.13 bits per heavy atom. The average molecular weight is 497 g/mol. The lowest BCUT2D eigenvalue weighted by molar-refractivity contribution is -0.143. The number of carboxylic acids is 2. The van der Waals surface area contributed by atoms with Crippen molar-refractivity contribution in [2.45, 2.75) is 55.4 Å². The summed E-state index contributed by atoms with van der Waals surface area (Å²) in [6.07, 6.45) is 6.14. The Kier molecular flexibility index (Phi) is 9.38. The van der Waals surface area contributed by atoms with E-state index in [1.807, 2.05) is 6.26 Å². The quantitative estimate of drug-likeness (QED) is 0.496. The van der Waals surface area contributed by atoms with Crippen LogP contribution >= 0.6 is 36.6 Å². The Morgan fingerprint density at radius 2 is 1.90 bits per heavy atom. The molecule has 31 heavy (non-hydrogen) atoms. The molecule has 13 heteroatoms. The summed E-state index contributed by atoms with van der Waals surface area (Å²) in [5, 5.41) is 35.2. The highest BCUT2D eigenvalue weighted by atomic mass is 35.5. The van der Waals surface area contributed by atoms with E-state index in [1.54, 1.807) is 4.80 Å². The van der Waals surface area contributed by atoms with E-state index in [-0.39, 0.29) is 30.9 Å². The Morgan fingerprint density at radius 3 is 2.55 bits per heavy atom. The van der Waals surface area contributed by atoms with E-state index < -0.39 is 24.0 Å². The van der Waals surface area contributed by atoms with Crippen LogP contribution in [-0.4, -0.2) is 85.2 Å². The zero-order chi connectivity index (χ0) is 20.5. The van der Waals surface area contributed by atoms with Gasteiger partial charge in [0.25, 0.3) is 0 Å². The molecule has 4 rings (SSSR count). The first kappa shape index (κ1) is 26.1. The van der Waals surface area contributed by atoms with Crippen molar-refractivity contribution in [2.75, 3.05) is 25.9 Å². The number of tetrazole rings is 1. The number of piperidine rings is 1. The number of hydrogen-bond donors (Lipinski definition) is 3. The van der Waals surface area contributed by atoms with Gasteiger partial charge in [-0.1, -0.05) is 11.8 Å². The van der Waals surface area contributed by atoms with Gasteiger partial charge in [-0.2, -0.15) is 4.80 Å². The molecule has 1 aliphatic carbocycles. The van der Waals surface area contributed by atoms with Gasteiger partial charge in [0.2, 0.25) is 5.16 Å². The minimum absolute atomic E-state index is 0. The summed E-state index contributed by atoms with van der Waals surface area (Å²) in [5.74, 6) is -0.246. The molecule has 0 radical (unpaired) electrons. The van der Waals surface area contributed by atoms with Crippen molar-refractivity contribution in [1.82, 2.24) is 30.4 Å². The van der Waals surface area contributed by atoms with Crippen molar-refractivity contribution in [2.24, 2.45) is 17.8 Å². The van der Waals surface area contributed by atoms with Gasteiger partial charge < -0.3 is 15.5 Å². The predicted octanol–water partition coefficient (Wildman–Crippen LogP) is 1.42. The van der Waals surface area contributed by atoms with Crippen LogP contribution in [0.15, 0.2) is 5.16 Å². The smallest absolute Gasteiger partial charge is 0.321 e. The molecule has 176 valence electrons. The molecular formula is C18H30Cl2N6O4S. The van der Waals surface area contributed by atoms with Crippen LogP contribution in [0.3, 0.4) is 0 Å². The number of nitrogens with zero attached hydrogens (tertiary/aromatic N) is 5. The number of likely N-dealkylation sites (tertiary alicyclic amines) is 1. The van der Waals surface area contributed by atoms with Gasteiger partial charge in [-0.05, 0) is 67.9 Å². The van der Waals surface area contributed by atoms with Gasteiger partial charge in [0.05, 0.1) is 6.04 Å². The van der Waals surface area contributed by atoms with Gasteiger partial charge in [-0.3, -0.25) is 14.5 Å². The number of thioether (sulfide) groups is 1. The second-order valence-corrected chi connectivity index (χ2v) is 9.30. The number of carbonyl (C=O) groups is 2. The van der Waals surface area contributed by atoms with E-state index in [1.165, 1.54) is 11.8 Å². The third kappa shape index (κ3) is 5.81. The van der Waals surface area contributed by atoms with Crippen molar-refractivity contribution >= 4 is 48.5 Å². The Labute approximate surface area is 197 Å². The molecule has 1 aromatic heterocycles. The maximum Gasteiger partial charge on any atom is 0.321 e. The molecule has 2 aliphatic heterocycles. The van der Waals surface area contributed by atoms with Crippen molar-refractivity contribution < 1.29 is 19.8 Å². The van der Waals surface area contributed by atoms with Crippen molar-refractivity contribution in [3.8, 4) is 0 Å². The van der Waals surface area contributed by atoms with E-state index in [4.69, 9.17) is 0 Å². The van der Waals surface area contributed by atoms with Crippen molar-refractivity contribution in [3.63, 3.8) is 0 Å². The Bertz CT molecular complexity index is 771. The molecule has 2 saturated heterocycles. The average Bonchev–Trinajstić information content (AvgIpc) is 3.34. The minimum Gasteiger partial charge on any atom is -0.480 e. The van der Waals surface area contributed by atoms with Gasteiger partial charge in [0, 0.05) is 13.1 Å². The maximum absolute atomic E-state index is 11.9. The number of rotatable bonds is 6. The second-order valence-electron chi connectivity index (χ2n) is 8.53. The van der Waals surface area contributed by atoms with Crippen LogP contribution in [0.25, 0.3) is 0 Å². The maximum atomic E-state index is 11.9. The molecule has 0 unspecified atom stereocenters. The topological polar surface area (TPSA) is 133 Å². The zero-order valence-electron chi connectivity index (χ0n) is 17.3. The fraction of sp³-hybridized carbons (Fsp3) is 0.833. The van der Waals surface area contributed by atoms with Gasteiger partial charge >= 0.3 is 11.9 Å². The van der Waals surface area contributed by atoms with Crippen LogP contribution in [0, 0.1) is 17.8 Å².